The van der Waals surface area contributed by atoms with Crippen molar-refractivity contribution in [1.29, 1.82) is 0 Å². The average Bonchev–Trinajstić information content (AvgIpc) is 2.55. The first-order chi connectivity index (χ1) is 6.10. The van der Waals surface area contributed by atoms with Gasteiger partial charge in [-0.2, -0.15) is 0 Å². The van der Waals surface area contributed by atoms with Crippen LogP contribution in [0, 0.1) is 5.41 Å². The normalized spacial score (nSPS) is 41.4. The van der Waals surface area contributed by atoms with Gasteiger partial charge in [-0.3, -0.25) is 4.79 Å². The van der Waals surface area contributed by atoms with Crippen molar-refractivity contribution in [3.63, 3.8) is 0 Å². The summed E-state index contributed by atoms with van der Waals surface area (Å²) in [5.41, 5.74) is -0.146. The monoisotopic (exact) mass is 185 g/mol. The van der Waals surface area contributed by atoms with Gasteiger partial charge in [-0.25, -0.2) is 0 Å². The van der Waals surface area contributed by atoms with Crippen molar-refractivity contribution in [3.8, 4) is 0 Å². The summed E-state index contributed by atoms with van der Waals surface area (Å²) < 4.78 is 5.58. The molecule has 0 radical (unpaired) electrons. The molecule has 0 spiro atoms. The van der Waals surface area contributed by atoms with Gasteiger partial charge in [-0.05, 0) is 12.8 Å². The number of hydrogen-bond donors (Lipinski definition) is 2. The van der Waals surface area contributed by atoms with Gasteiger partial charge in [0.1, 0.15) is 0 Å². The molecule has 2 bridgehead atoms. The second-order valence-electron chi connectivity index (χ2n) is 4.39. The first-order valence-electron chi connectivity index (χ1n) is 4.59. The van der Waals surface area contributed by atoms with E-state index < -0.39 is 0 Å². The fourth-order valence-electron chi connectivity index (χ4n) is 2.44. The van der Waals surface area contributed by atoms with Crippen molar-refractivity contribution in [2.45, 2.75) is 25.4 Å². The van der Waals surface area contributed by atoms with Crippen LogP contribution in [-0.2, 0) is 9.53 Å². The molecule has 2 heterocycles. The van der Waals surface area contributed by atoms with Gasteiger partial charge in [0.15, 0.2) is 0 Å². The third-order valence-corrected chi connectivity index (χ3v) is 3.07. The fourth-order valence-corrected chi connectivity index (χ4v) is 2.44. The molecule has 1 aliphatic carbocycles. The molecule has 2 saturated heterocycles. The molecule has 1 amide bonds. The molecule has 0 unspecified atom stereocenters. The Kier molecular flexibility index (Phi) is 1.85. The summed E-state index contributed by atoms with van der Waals surface area (Å²) in [4.78, 5) is 10.7. The molecule has 4 heteroatoms. The van der Waals surface area contributed by atoms with Crippen LogP contribution in [0.1, 0.15) is 19.8 Å². The molecule has 3 fully saturated rings. The highest BCUT2D eigenvalue weighted by Gasteiger charge is 2.61. The fraction of sp³-hybridized carbons (Fsp3) is 0.889. The Morgan fingerprint density at radius 1 is 1.62 bits per heavy atom. The summed E-state index contributed by atoms with van der Waals surface area (Å²) in [5.74, 6) is -0.0219. The second-order valence-corrected chi connectivity index (χ2v) is 4.39. The van der Waals surface area contributed by atoms with Crippen LogP contribution in [-0.4, -0.2) is 36.4 Å². The maximum atomic E-state index is 10.7. The largest absolute Gasteiger partial charge is 0.396 e. The lowest BCUT2D eigenvalue weighted by Gasteiger charge is -2.43. The molecule has 74 valence electrons. The predicted molar refractivity (Wildman–Crippen MR) is 46.1 cm³/mol. The summed E-state index contributed by atoms with van der Waals surface area (Å²) in [5, 5.41) is 11.8. The Morgan fingerprint density at radius 2 is 2.31 bits per heavy atom. The van der Waals surface area contributed by atoms with Crippen LogP contribution < -0.4 is 5.32 Å². The summed E-state index contributed by atoms with van der Waals surface area (Å²) >= 11 is 0. The van der Waals surface area contributed by atoms with Crippen LogP contribution in [0.2, 0.25) is 0 Å². The Hall–Kier alpha value is -0.610. The first-order valence-corrected chi connectivity index (χ1v) is 4.59. The number of amides is 1. The van der Waals surface area contributed by atoms with Gasteiger partial charge in [-0.1, -0.05) is 0 Å². The molecular formula is C9H15NO3. The Morgan fingerprint density at radius 3 is 2.77 bits per heavy atom. The average molecular weight is 185 g/mol. The van der Waals surface area contributed by atoms with Crippen molar-refractivity contribution >= 4 is 5.91 Å². The third-order valence-electron chi connectivity index (χ3n) is 3.07. The number of fused-ring (bicyclic) bond motifs is 1. The number of nitrogens with one attached hydrogen (secondary N) is 1. The maximum Gasteiger partial charge on any atom is 0.216 e. The number of carbonyl (C=O) groups excluding carboxylic acids is 1. The Balaban J connectivity index is 1.87. The lowest BCUT2D eigenvalue weighted by molar-refractivity contribution is -0.121. The molecule has 2 aliphatic heterocycles. The van der Waals surface area contributed by atoms with Crippen molar-refractivity contribution in [1.82, 2.24) is 5.32 Å². The standard InChI is InChI=1S/C9H15NO3/c1-7(12)10-4-9-2-8(3-9,5-11)6-13-9/h11H,2-6H2,1H3,(H,10,12). The number of aliphatic hydroxyl groups excluding tert-OH is 1. The molecule has 0 atom stereocenters. The topological polar surface area (TPSA) is 58.6 Å². The predicted octanol–water partition coefficient (Wildman–Crippen LogP) is -0.336. The van der Waals surface area contributed by atoms with E-state index in [-0.39, 0.29) is 23.5 Å². The number of carbonyl (C=O) groups is 1. The van der Waals surface area contributed by atoms with E-state index in [1.165, 1.54) is 6.92 Å². The summed E-state index contributed by atoms with van der Waals surface area (Å²) in [6, 6.07) is 0. The lowest BCUT2D eigenvalue weighted by atomic mass is 9.63. The number of hydrogen-bond acceptors (Lipinski definition) is 3. The lowest BCUT2D eigenvalue weighted by Crippen LogP contribution is -2.52. The minimum absolute atomic E-state index is 0.0124. The van der Waals surface area contributed by atoms with Crippen molar-refractivity contribution in [3.05, 3.63) is 0 Å². The van der Waals surface area contributed by atoms with Gasteiger partial charge in [0, 0.05) is 18.9 Å². The maximum absolute atomic E-state index is 10.7. The van der Waals surface area contributed by atoms with Crippen molar-refractivity contribution in [2.24, 2.45) is 5.41 Å². The molecule has 0 aromatic rings. The molecule has 13 heavy (non-hydrogen) atoms. The number of rotatable bonds is 3. The van der Waals surface area contributed by atoms with E-state index in [2.05, 4.69) is 5.32 Å². The Bertz CT molecular complexity index is 233. The van der Waals surface area contributed by atoms with Crippen LogP contribution in [0.5, 0.6) is 0 Å². The van der Waals surface area contributed by atoms with Crippen molar-refractivity contribution in [2.75, 3.05) is 19.8 Å². The summed E-state index contributed by atoms with van der Waals surface area (Å²) in [7, 11) is 0. The van der Waals surface area contributed by atoms with Gasteiger partial charge < -0.3 is 15.2 Å². The molecular weight excluding hydrogens is 170 g/mol. The first kappa shape index (κ1) is 8.97. The van der Waals surface area contributed by atoms with Gasteiger partial charge in [0.25, 0.3) is 0 Å². The highest BCUT2D eigenvalue weighted by molar-refractivity contribution is 5.72. The molecule has 3 rings (SSSR count). The molecule has 0 aromatic heterocycles. The quantitative estimate of drug-likeness (QED) is 0.632. The SMILES string of the molecule is CC(=O)NCC12CC(CO)(CO1)C2. The molecule has 1 saturated carbocycles. The van der Waals surface area contributed by atoms with Gasteiger partial charge in [0.05, 0.1) is 18.8 Å². The third kappa shape index (κ3) is 1.34. The van der Waals surface area contributed by atoms with E-state index in [0.717, 1.165) is 12.8 Å². The smallest absolute Gasteiger partial charge is 0.216 e. The van der Waals surface area contributed by atoms with Crippen LogP contribution in [0.25, 0.3) is 0 Å². The van der Waals surface area contributed by atoms with Gasteiger partial charge >= 0.3 is 0 Å². The van der Waals surface area contributed by atoms with Crippen LogP contribution in [0.15, 0.2) is 0 Å². The highest BCUT2D eigenvalue weighted by atomic mass is 16.5. The number of aliphatic hydroxyl groups is 1. The van der Waals surface area contributed by atoms with Gasteiger partial charge in [0.2, 0.25) is 5.91 Å². The van der Waals surface area contributed by atoms with E-state index in [4.69, 9.17) is 9.84 Å². The van der Waals surface area contributed by atoms with Gasteiger partial charge in [-0.15, -0.1) is 0 Å². The van der Waals surface area contributed by atoms with Crippen LogP contribution in [0.3, 0.4) is 0 Å². The van der Waals surface area contributed by atoms with E-state index in [0.29, 0.717) is 13.2 Å². The second kappa shape index (κ2) is 2.69. The zero-order chi connectivity index (χ0) is 9.53. The summed E-state index contributed by atoms with van der Waals surface area (Å²) in [6.45, 7) is 2.94. The molecule has 0 aromatic carbocycles. The highest BCUT2D eigenvalue weighted by Crippen LogP contribution is 2.57. The Labute approximate surface area is 77.3 Å². The minimum atomic E-state index is -0.158. The van der Waals surface area contributed by atoms with Crippen molar-refractivity contribution < 1.29 is 14.6 Å². The zero-order valence-corrected chi connectivity index (χ0v) is 7.80. The van der Waals surface area contributed by atoms with E-state index >= 15 is 0 Å². The summed E-state index contributed by atoms with van der Waals surface area (Å²) in [6.07, 6.45) is 1.77. The van der Waals surface area contributed by atoms with E-state index in [9.17, 15) is 4.79 Å². The minimum Gasteiger partial charge on any atom is -0.396 e. The van der Waals surface area contributed by atoms with E-state index in [1.54, 1.807) is 0 Å². The van der Waals surface area contributed by atoms with Crippen LogP contribution in [0.4, 0.5) is 0 Å². The zero-order valence-electron chi connectivity index (χ0n) is 7.80. The van der Waals surface area contributed by atoms with E-state index in [1.807, 2.05) is 0 Å². The van der Waals surface area contributed by atoms with Crippen LogP contribution >= 0.6 is 0 Å². The molecule has 4 nitrogen and oxygen atoms in total. The molecule has 3 aliphatic rings. The number of ether oxygens (including phenoxy) is 1. The molecule has 2 N–H and O–H groups in total.